The highest BCUT2D eigenvalue weighted by Crippen LogP contribution is 2.24. The van der Waals surface area contributed by atoms with Crippen LogP contribution in [0.4, 0.5) is 0 Å². The normalized spacial score (nSPS) is 38.6. The van der Waals surface area contributed by atoms with Crippen molar-refractivity contribution < 1.29 is 34.1 Å². The maximum absolute atomic E-state index is 12.6. The molecule has 1 rings (SSSR count). The zero-order chi connectivity index (χ0) is 20.0. The zero-order valence-electron chi connectivity index (χ0n) is 16.3. The molecule has 1 fully saturated rings. The van der Waals surface area contributed by atoms with Crippen LogP contribution in [0.3, 0.4) is 0 Å². The van der Waals surface area contributed by atoms with Gasteiger partial charge in [-0.3, -0.25) is 14.4 Å². The molecule has 7 heteroatoms. The molecule has 0 amide bonds. The molecule has 150 valence electrons. The van der Waals surface area contributed by atoms with Gasteiger partial charge in [-0.2, -0.15) is 0 Å². The molecule has 0 aromatic carbocycles. The minimum Gasteiger partial charge on any atom is -0.459 e. The Kier molecular flexibility index (Phi) is 8.86. The van der Waals surface area contributed by atoms with Gasteiger partial charge in [0, 0.05) is 25.4 Å². The van der Waals surface area contributed by atoms with Gasteiger partial charge in [-0.1, -0.05) is 20.8 Å². The molecule has 2 N–H and O–H groups in total. The summed E-state index contributed by atoms with van der Waals surface area (Å²) < 4.78 is 10.6. The van der Waals surface area contributed by atoms with Crippen molar-refractivity contribution in [1.29, 1.82) is 0 Å². The van der Waals surface area contributed by atoms with Gasteiger partial charge in [0.15, 0.2) is 0 Å². The maximum Gasteiger partial charge on any atom is 0.316 e. The summed E-state index contributed by atoms with van der Waals surface area (Å²) in [5, 5.41) is 20.8. The summed E-state index contributed by atoms with van der Waals surface area (Å²) in [5.74, 6) is -3.36. The SMILES string of the molecule is CC[C@H]1OC(=O)C(C)C(=O)CCC(OC)C[C@@H](C)C(=O)C(C)C(O)C1O. The van der Waals surface area contributed by atoms with Crippen molar-refractivity contribution in [2.75, 3.05) is 7.11 Å². The zero-order valence-corrected chi connectivity index (χ0v) is 16.3. The first-order valence-corrected chi connectivity index (χ1v) is 9.29. The number of aliphatic hydroxyl groups excluding tert-OH is 2. The second-order valence-electron chi connectivity index (χ2n) is 7.28. The summed E-state index contributed by atoms with van der Waals surface area (Å²) >= 11 is 0. The van der Waals surface area contributed by atoms with Crippen molar-refractivity contribution in [3.05, 3.63) is 0 Å². The number of ketones is 2. The molecular weight excluding hydrogens is 340 g/mol. The van der Waals surface area contributed by atoms with E-state index in [9.17, 15) is 24.6 Å². The topological polar surface area (TPSA) is 110 Å². The monoisotopic (exact) mass is 372 g/mol. The highest BCUT2D eigenvalue weighted by Gasteiger charge is 2.38. The van der Waals surface area contributed by atoms with Crippen LogP contribution in [0.15, 0.2) is 0 Å². The van der Waals surface area contributed by atoms with Crippen LogP contribution in [0.2, 0.25) is 0 Å². The third-order valence-corrected chi connectivity index (χ3v) is 5.35. The number of hydrogen-bond donors (Lipinski definition) is 2. The molecular formula is C19H32O7. The van der Waals surface area contributed by atoms with E-state index in [0.29, 0.717) is 12.8 Å². The second kappa shape index (κ2) is 10.1. The molecule has 1 aliphatic heterocycles. The Bertz CT molecular complexity index is 504. The predicted molar refractivity (Wildman–Crippen MR) is 94.3 cm³/mol. The van der Waals surface area contributed by atoms with Crippen LogP contribution in [0.1, 0.15) is 53.4 Å². The van der Waals surface area contributed by atoms with Gasteiger partial charge >= 0.3 is 5.97 Å². The lowest BCUT2D eigenvalue weighted by molar-refractivity contribution is -0.168. The summed E-state index contributed by atoms with van der Waals surface area (Å²) in [7, 11) is 1.51. The molecule has 5 unspecified atom stereocenters. The number of aliphatic hydroxyl groups is 2. The number of cyclic esters (lactones) is 1. The van der Waals surface area contributed by atoms with E-state index in [2.05, 4.69) is 0 Å². The van der Waals surface area contributed by atoms with E-state index in [1.165, 1.54) is 14.0 Å². The van der Waals surface area contributed by atoms with E-state index in [0.717, 1.165) is 0 Å². The van der Waals surface area contributed by atoms with Crippen molar-refractivity contribution in [3.63, 3.8) is 0 Å². The molecule has 0 aliphatic carbocycles. The highest BCUT2D eigenvalue weighted by atomic mass is 16.6. The number of Topliss-reactive ketones (excluding diaryl/α,β-unsaturated/α-hetero) is 2. The molecule has 1 saturated heterocycles. The first kappa shape index (κ1) is 22.7. The van der Waals surface area contributed by atoms with Crippen LogP contribution in [-0.4, -0.2) is 59.3 Å². The lowest BCUT2D eigenvalue weighted by atomic mass is 9.84. The van der Waals surface area contributed by atoms with Crippen LogP contribution in [0.5, 0.6) is 0 Å². The second-order valence-corrected chi connectivity index (χ2v) is 7.28. The molecule has 1 heterocycles. The molecule has 7 nitrogen and oxygen atoms in total. The van der Waals surface area contributed by atoms with Gasteiger partial charge in [0.05, 0.1) is 12.2 Å². The predicted octanol–water partition coefficient (Wildman–Crippen LogP) is 1.28. The van der Waals surface area contributed by atoms with Crippen molar-refractivity contribution in [2.24, 2.45) is 17.8 Å². The number of carbonyl (C=O) groups is 3. The van der Waals surface area contributed by atoms with Crippen LogP contribution in [0, 0.1) is 17.8 Å². The highest BCUT2D eigenvalue weighted by molar-refractivity contribution is 5.98. The largest absolute Gasteiger partial charge is 0.459 e. The lowest BCUT2D eigenvalue weighted by Gasteiger charge is -2.31. The summed E-state index contributed by atoms with van der Waals surface area (Å²) in [6.45, 7) is 6.48. The molecule has 0 saturated carbocycles. The van der Waals surface area contributed by atoms with Gasteiger partial charge < -0.3 is 19.7 Å². The molecule has 0 aromatic rings. The third-order valence-electron chi connectivity index (χ3n) is 5.35. The van der Waals surface area contributed by atoms with Gasteiger partial charge in [0.1, 0.15) is 29.7 Å². The number of rotatable bonds is 2. The van der Waals surface area contributed by atoms with Crippen LogP contribution >= 0.6 is 0 Å². The van der Waals surface area contributed by atoms with Crippen LogP contribution < -0.4 is 0 Å². The van der Waals surface area contributed by atoms with Crippen molar-refractivity contribution in [1.82, 2.24) is 0 Å². The van der Waals surface area contributed by atoms with Crippen molar-refractivity contribution in [3.8, 4) is 0 Å². The molecule has 0 bridgehead atoms. The van der Waals surface area contributed by atoms with Gasteiger partial charge in [-0.25, -0.2) is 0 Å². The quantitative estimate of drug-likeness (QED) is 0.555. The molecule has 7 atom stereocenters. The first-order valence-electron chi connectivity index (χ1n) is 9.29. The van der Waals surface area contributed by atoms with E-state index in [-0.39, 0.29) is 30.5 Å². The molecule has 0 aromatic heterocycles. The minimum atomic E-state index is -1.40. The number of carbonyl (C=O) groups excluding carboxylic acids is 3. The maximum atomic E-state index is 12.6. The van der Waals surface area contributed by atoms with E-state index in [1.807, 2.05) is 0 Å². The average Bonchev–Trinajstić information content (AvgIpc) is 2.64. The molecule has 26 heavy (non-hydrogen) atoms. The lowest BCUT2D eigenvalue weighted by Crippen LogP contribution is -2.47. The smallest absolute Gasteiger partial charge is 0.316 e. The van der Waals surface area contributed by atoms with E-state index < -0.39 is 42.0 Å². The standard InChI is InChI=1S/C19H32O7/c1-6-15-18(23)17(22)12(4)16(21)10(2)9-13(25-5)7-8-14(20)11(3)19(24)26-15/h10-13,15,17-18,22-23H,6-9H2,1-5H3/t10-,11?,12?,13?,15-,17?,18?/m1/s1. The average molecular weight is 372 g/mol. The number of esters is 1. The Hall–Kier alpha value is -1.31. The fourth-order valence-corrected chi connectivity index (χ4v) is 3.27. The summed E-state index contributed by atoms with van der Waals surface area (Å²) in [5.41, 5.74) is 0. The van der Waals surface area contributed by atoms with E-state index >= 15 is 0 Å². The van der Waals surface area contributed by atoms with Gasteiger partial charge in [0.2, 0.25) is 0 Å². The van der Waals surface area contributed by atoms with Gasteiger partial charge in [0.25, 0.3) is 0 Å². The van der Waals surface area contributed by atoms with Gasteiger partial charge in [-0.15, -0.1) is 0 Å². The Morgan fingerprint density at radius 1 is 1.12 bits per heavy atom. The fraction of sp³-hybridized carbons (Fsp3) is 0.842. The van der Waals surface area contributed by atoms with E-state index in [4.69, 9.17) is 9.47 Å². The van der Waals surface area contributed by atoms with Crippen molar-refractivity contribution in [2.45, 2.75) is 77.8 Å². The third kappa shape index (κ3) is 5.59. The Morgan fingerprint density at radius 3 is 2.27 bits per heavy atom. The Morgan fingerprint density at radius 2 is 1.73 bits per heavy atom. The minimum absolute atomic E-state index is 0.146. The number of methoxy groups -OCH3 is 1. The molecule has 1 aliphatic rings. The first-order chi connectivity index (χ1) is 12.1. The van der Waals surface area contributed by atoms with Crippen LogP contribution in [-0.2, 0) is 23.9 Å². The Balaban J connectivity index is 3.11. The summed E-state index contributed by atoms with van der Waals surface area (Å²) in [6.07, 6.45) is -2.83. The van der Waals surface area contributed by atoms with Gasteiger partial charge in [-0.05, 0) is 26.2 Å². The number of hydrogen-bond acceptors (Lipinski definition) is 7. The molecule has 0 radical (unpaired) electrons. The summed E-state index contributed by atoms with van der Waals surface area (Å²) in [4.78, 5) is 37.1. The summed E-state index contributed by atoms with van der Waals surface area (Å²) in [6, 6.07) is 0. The molecule has 0 spiro atoms. The van der Waals surface area contributed by atoms with E-state index in [1.54, 1.807) is 20.8 Å². The fourth-order valence-electron chi connectivity index (χ4n) is 3.27. The Labute approximate surface area is 155 Å². The van der Waals surface area contributed by atoms with Crippen LogP contribution in [0.25, 0.3) is 0 Å². The van der Waals surface area contributed by atoms with Crippen molar-refractivity contribution >= 4 is 17.5 Å². The number of ether oxygens (including phenoxy) is 2.